The molecule has 0 aliphatic carbocycles. The van der Waals surface area contributed by atoms with E-state index in [4.69, 9.17) is 11.6 Å². The van der Waals surface area contributed by atoms with E-state index in [9.17, 15) is 9.59 Å². The average molecular weight is 359 g/mol. The molecule has 2 aromatic rings. The van der Waals surface area contributed by atoms with Crippen LogP contribution < -0.4 is 10.6 Å². The Kier molecular flexibility index (Phi) is 6.59. The van der Waals surface area contributed by atoms with Gasteiger partial charge < -0.3 is 10.6 Å². The van der Waals surface area contributed by atoms with Crippen LogP contribution in [0.3, 0.4) is 0 Å². The molecule has 2 N–H and O–H groups in total. The zero-order valence-electron chi connectivity index (χ0n) is 14.6. The fraction of sp³-hybridized carbons (Fsp3) is 0.300. The summed E-state index contributed by atoms with van der Waals surface area (Å²) in [6.45, 7) is 5.73. The van der Waals surface area contributed by atoms with Crippen LogP contribution in [0.5, 0.6) is 0 Å². The lowest BCUT2D eigenvalue weighted by atomic mass is 10.0. The molecule has 0 aliphatic rings. The molecule has 4 nitrogen and oxygen atoms in total. The van der Waals surface area contributed by atoms with Crippen LogP contribution in [0.2, 0.25) is 5.02 Å². The van der Waals surface area contributed by atoms with Gasteiger partial charge in [0.2, 0.25) is 5.91 Å². The highest BCUT2D eigenvalue weighted by Crippen LogP contribution is 2.14. The van der Waals surface area contributed by atoms with Gasteiger partial charge in [-0.2, -0.15) is 0 Å². The molecule has 0 saturated heterocycles. The third-order valence-corrected chi connectivity index (χ3v) is 4.25. The maximum atomic E-state index is 12.6. The van der Waals surface area contributed by atoms with E-state index in [1.807, 2.05) is 51.1 Å². The number of carbonyl (C=O) groups excluding carboxylic acids is 2. The Bertz CT molecular complexity index is 714. The first-order valence-corrected chi connectivity index (χ1v) is 8.68. The summed E-state index contributed by atoms with van der Waals surface area (Å²) in [5, 5.41) is 6.34. The van der Waals surface area contributed by atoms with Crippen LogP contribution >= 0.6 is 11.6 Å². The van der Waals surface area contributed by atoms with Crippen LogP contribution in [0.4, 0.5) is 0 Å². The molecule has 2 amide bonds. The Morgan fingerprint density at radius 3 is 2.04 bits per heavy atom. The van der Waals surface area contributed by atoms with E-state index in [1.54, 1.807) is 24.3 Å². The summed E-state index contributed by atoms with van der Waals surface area (Å²) in [5.74, 6) is -0.536. The molecule has 0 aliphatic heterocycles. The molecule has 2 rings (SSSR count). The van der Waals surface area contributed by atoms with Crippen molar-refractivity contribution >= 4 is 23.4 Å². The van der Waals surface area contributed by atoms with Crippen molar-refractivity contribution in [3.8, 4) is 0 Å². The van der Waals surface area contributed by atoms with Crippen molar-refractivity contribution < 1.29 is 9.59 Å². The smallest absolute Gasteiger partial charge is 0.251 e. The predicted molar refractivity (Wildman–Crippen MR) is 101 cm³/mol. The molecule has 0 heterocycles. The van der Waals surface area contributed by atoms with Crippen LogP contribution in [-0.2, 0) is 4.79 Å². The highest BCUT2D eigenvalue weighted by atomic mass is 35.5. The lowest BCUT2D eigenvalue weighted by molar-refractivity contribution is -0.124. The first-order chi connectivity index (χ1) is 11.9. The third kappa shape index (κ3) is 5.33. The normalized spacial score (nSPS) is 13.2. The predicted octanol–water partition coefficient (Wildman–Crippen LogP) is 3.97. The number of halogens is 1. The lowest BCUT2D eigenvalue weighted by Gasteiger charge is -2.24. The van der Waals surface area contributed by atoms with Gasteiger partial charge in [0.1, 0.15) is 6.04 Å². The summed E-state index contributed by atoms with van der Waals surface area (Å²) in [5.41, 5.74) is 1.49. The molecule has 1 unspecified atom stereocenters. The van der Waals surface area contributed by atoms with Crippen molar-refractivity contribution in [1.82, 2.24) is 10.6 Å². The molecular formula is C20H23ClN2O2. The van der Waals surface area contributed by atoms with Gasteiger partial charge in [-0.05, 0) is 42.7 Å². The largest absolute Gasteiger partial charge is 0.348 e. The summed E-state index contributed by atoms with van der Waals surface area (Å²) in [7, 11) is 0. The molecule has 132 valence electrons. The molecule has 0 bridgehead atoms. The maximum absolute atomic E-state index is 12.6. The van der Waals surface area contributed by atoms with Crippen molar-refractivity contribution in [3.05, 3.63) is 70.7 Å². The first kappa shape index (κ1) is 19.0. The third-order valence-electron chi connectivity index (χ3n) is 4.00. The highest BCUT2D eigenvalue weighted by Gasteiger charge is 2.25. The number of carbonyl (C=O) groups is 2. The quantitative estimate of drug-likeness (QED) is 0.820. The molecule has 2 aromatic carbocycles. The van der Waals surface area contributed by atoms with Crippen molar-refractivity contribution in [2.75, 3.05) is 0 Å². The number of nitrogens with one attached hydrogen (secondary N) is 2. The summed E-state index contributed by atoms with van der Waals surface area (Å²) >= 11 is 5.84. The monoisotopic (exact) mass is 358 g/mol. The molecule has 0 fully saturated rings. The standard InChI is InChI=1S/C20H23ClN2O2/c1-13(2)18(23-19(24)16-9-11-17(21)12-10-16)20(25)22-14(3)15-7-5-4-6-8-15/h4-14,18H,1-3H3,(H,22,25)(H,23,24)/t14?,18-/m0/s1. The van der Waals surface area contributed by atoms with Crippen molar-refractivity contribution in [3.63, 3.8) is 0 Å². The van der Waals surface area contributed by atoms with Gasteiger partial charge in [0.25, 0.3) is 5.91 Å². The topological polar surface area (TPSA) is 58.2 Å². The molecule has 0 radical (unpaired) electrons. The van der Waals surface area contributed by atoms with Crippen LogP contribution in [0.25, 0.3) is 0 Å². The Labute approximate surface area is 153 Å². The second-order valence-corrected chi connectivity index (χ2v) is 6.78. The SMILES string of the molecule is CC(NC(=O)[C@@H](NC(=O)c1ccc(Cl)cc1)C(C)C)c1ccccc1. The molecule has 25 heavy (non-hydrogen) atoms. The van der Waals surface area contributed by atoms with Gasteiger partial charge in [-0.3, -0.25) is 9.59 Å². The van der Waals surface area contributed by atoms with Gasteiger partial charge in [0, 0.05) is 10.6 Å². The minimum atomic E-state index is -0.616. The highest BCUT2D eigenvalue weighted by molar-refractivity contribution is 6.30. The van der Waals surface area contributed by atoms with Gasteiger partial charge in [0.15, 0.2) is 0 Å². The fourth-order valence-corrected chi connectivity index (χ4v) is 2.61. The van der Waals surface area contributed by atoms with Crippen molar-refractivity contribution in [2.24, 2.45) is 5.92 Å². The summed E-state index contributed by atoms with van der Waals surface area (Å²) in [4.78, 5) is 25.0. The minimum absolute atomic E-state index is 0.0424. The minimum Gasteiger partial charge on any atom is -0.348 e. The van der Waals surface area contributed by atoms with Gasteiger partial charge in [-0.1, -0.05) is 55.8 Å². The first-order valence-electron chi connectivity index (χ1n) is 8.30. The Morgan fingerprint density at radius 1 is 0.880 bits per heavy atom. The number of rotatable bonds is 6. The summed E-state index contributed by atoms with van der Waals surface area (Å²) < 4.78 is 0. The Hall–Kier alpha value is -2.33. The molecule has 0 spiro atoms. The van der Waals surface area contributed by atoms with E-state index in [0.717, 1.165) is 5.56 Å². The van der Waals surface area contributed by atoms with Gasteiger partial charge in [0.05, 0.1) is 6.04 Å². The average Bonchev–Trinajstić information content (AvgIpc) is 2.60. The van der Waals surface area contributed by atoms with E-state index in [-0.39, 0.29) is 23.8 Å². The molecule has 0 aromatic heterocycles. The second-order valence-electron chi connectivity index (χ2n) is 6.34. The van der Waals surface area contributed by atoms with Crippen LogP contribution in [-0.4, -0.2) is 17.9 Å². The fourth-order valence-electron chi connectivity index (χ4n) is 2.49. The number of hydrogen-bond acceptors (Lipinski definition) is 2. The summed E-state index contributed by atoms with van der Waals surface area (Å²) in [6.07, 6.45) is 0. The van der Waals surface area contributed by atoms with Gasteiger partial charge in [-0.25, -0.2) is 0 Å². The van der Waals surface area contributed by atoms with E-state index in [1.165, 1.54) is 0 Å². The van der Waals surface area contributed by atoms with Gasteiger partial charge >= 0.3 is 0 Å². The zero-order valence-corrected chi connectivity index (χ0v) is 15.4. The van der Waals surface area contributed by atoms with E-state index in [0.29, 0.717) is 10.6 Å². The Morgan fingerprint density at radius 2 is 1.48 bits per heavy atom. The van der Waals surface area contributed by atoms with Crippen LogP contribution in [0.1, 0.15) is 42.7 Å². The maximum Gasteiger partial charge on any atom is 0.251 e. The zero-order chi connectivity index (χ0) is 18.4. The van der Waals surface area contributed by atoms with E-state index < -0.39 is 6.04 Å². The molecular weight excluding hydrogens is 336 g/mol. The van der Waals surface area contributed by atoms with Crippen LogP contribution in [0, 0.1) is 5.92 Å². The Balaban J connectivity index is 2.05. The molecule has 0 saturated carbocycles. The lowest BCUT2D eigenvalue weighted by Crippen LogP contribution is -2.50. The molecule has 2 atom stereocenters. The van der Waals surface area contributed by atoms with Crippen molar-refractivity contribution in [1.29, 1.82) is 0 Å². The molecule has 5 heteroatoms. The number of amides is 2. The summed E-state index contributed by atoms with van der Waals surface area (Å²) in [6, 6.07) is 15.5. The number of benzene rings is 2. The van der Waals surface area contributed by atoms with Gasteiger partial charge in [-0.15, -0.1) is 0 Å². The van der Waals surface area contributed by atoms with Crippen molar-refractivity contribution in [2.45, 2.75) is 32.9 Å². The number of hydrogen-bond donors (Lipinski definition) is 2. The second kappa shape index (κ2) is 8.67. The van der Waals surface area contributed by atoms with E-state index >= 15 is 0 Å². The van der Waals surface area contributed by atoms with Crippen LogP contribution in [0.15, 0.2) is 54.6 Å². The van der Waals surface area contributed by atoms with E-state index in [2.05, 4.69) is 10.6 Å².